The van der Waals surface area contributed by atoms with Crippen LogP contribution >= 0.6 is 0 Å². The van der Waals surface area contributed by atoms with Crippen molar-refractivity contribution in [3.63, 3.8) is 0 Å². The first kappa shape index (κ1) is 15.6. The summed E-state index contributed by atoms with van der Waals surface area (Å²) >= 11 is 0. The molecule has 1 heterocycles. The molecule has 0 spiro atoms. The minimum absolute atomic E-state index is 0.0242. The second kappa shape index (κ2) is 6.34. The van der Waals surface area contributed by atoms with Gasteiger partial charge in [-0.15, -0.1) is 0 Å². The van der Waals surface area contributed by atoms with Crippen LogP contribution in [0.15, 0.2) is 12.1 Å². The van der Waals surface area contributed by atoms with Gasteiger partial charge in [-0.2, -0.15) is 4.39 Å². The maximum Gasteiger partial charge on any atom is 0.307 e. The SMILES string of the molecule is CC(Nc1cc([N+](=O)[O-])c(F)cc1F)C1CCCN(C)C1. The van der Waals surface area contributed by atoms with Gasteiger partial charge >= 0.3 is 5.69 Å². The van der Waals surface area contributed by atoms with Gasteiger partial charge < -0.3 is 10.2 Å². The third kappa shape index (κ3) is 3.66. The number of likely N-dealkylation sites (tertiary alicyclic amines) is 1. The summed E-state index contributed by atoms with van der Waals surface area (Å²) in [6.45, 7) is 3.84. The highest BCUT2D eigenvalue weighted by molar-refractivity contribution is 5.53. The van der Waals surface area contributed by atoms with Crippen molar-refractivity contribution < 1.29 is 13.7 Å². The highest BCUT2D eigenvalue weighted by atomic mass is 19.1. The molecule has 0 amide bonds. The summed E-state index contributed by atoms with van der Waals surface area (Å²) in [6.07, 6.45) is 2.09. The van der Waals surface area contributed by atoms with E-state index in [0.717, 1.165) is 32.0 Å². The summed E-state index contributed by atoms with van der Waals surface area (Å²) < 4.78 is 27.1. The van der Waals surface area contributed by atoms with Crippen LogP contribution < -0.4 is 5.32 Å². The van der Waals surface area contributed by atoms with E-state index in [-0.39, 0.29) is 11.7 Å². The molecule has 0 aromatic heterocycles. The van der Waals surface area contributed by atoms with Gasteiger partial charge in [0.2, 0.25) is 5.82 Å². The number of nitrogens with one attached hydrogen (secondary N) is 1. The Morgan fingerprint density at radius 1 is 1.43 bits per heavy atom. The summed E-state index contributed by atoms with van der Waals surface area (Å²) in [4.78, 5) is 12.1. The standard InChI is InChI=1S/C14H19F2N3O2/c1-9(10-4-3-5-18(2)8-10)17-13-7-14(19(20)21)12(16)6-11(13)15/h6-7,9-10,17H,3-5,8H2,1-2H3. The lowest BCUT2D eigenvalue weighted by atomic mass is 9.91. The van der Waals surface area contributed by atoms with E-state index < -0.39 is 22.2 Å². The van der Waals surface area contributed by atoms with Crippen LogP contribution in [0.25, 0.3) is 0 Å². The van der Waals surface area contributed by atoms with Crippen LogP contribution in [-0.2, 0) is 0 Å². The van der Waals surface area contributed by atoms with Crippen LogP contribution in [0.3, 0.4) is 0 Å². The largest absolute Gasteiger partial charge is 0.380 e. The number of nitro benzene ring substituents is 1. The third-order valence-electron chi connectivity index (χ3n) is 3.98. The number of rotatable bonds is 4. The van der Waals surface area contributed by atoms with Crippen molar-refractivity contribution in [3.05, 3.63) is 33.9 Å². The maximum absolute atomic E-state index is 13.8. The zero-order chi connectivity index (χ0) is 15.6. The normalized spacial score (nSPS) is 21.0. The average Bonchev–Trinajstić information content (AvgIpc) is 2.41. The molecule has 1 aliphatic rings. The van der Waals surface area contributed by atoms with Crippen molar-refractivity contribution in [2.75, 3.05) is 25.5 Å². The fourth-order valence-electron chi connectivity index (χ4n) is 2.77. The van der Waals surface area contributed by atoms with Crippen molar-refractivity contribution in [3.8, 4) is 0 Å². The fourth-order valence-corrected chi connectivity index (χ4v) is 2.77. The Balaban J connectivity index is 2.15. The molecule has 7 heteroatoms. The summed E-state index contributed by atoms with van der Waals surface area (Å²) in [6, 6.07) is 1.43. The number of benzene rings is 1. The van der Waals surface area contributed by atoms with Crippen molar-refractivity contribution in [2.24, 2.45) is 5.92 Å². The lowest BCUT2D eigenvalue weighted by Crippen LogP contribution is -2.40. The molecule has 116 valence electrons. The first-order chi connectivity index (χ1) is 9.88. The monoisotopic (exact) mass is 299 g/mol. The van der Waals surface area contributed by atoms with Gasteiger partial charge in [-0.05, 0) is 39.3 Å². The number of nitrogens with zero attached hydrogens (tertiary/aromatic N) is 2. The first-order valence-electron chi connectivity index (χ1n) is 6.97. The van der Waals surface area contributed by atoms with E-state index in [1.165, 1.54) is 0 Å². The summed E-state index contributed by atoms with van der Waals surface area (Å²) in [5.74, 6) is -1.64. The molecule has 1 aromatic carbocycles. The van der Waals surface area contributed by atoms with Gasteiger partial charge in [-0.3, -0.25) is 10.1 Å². The number of hydrogen-bond donors (Lipinski definition) is 1. The molecule has 2 atom stereocenters. The third-order valence-corrected chi connectivity index (χ3v) is 3.98. The maximum atomic E-state index is 13.8. The summed E-state index contributed by atoms with van der Waals surface area (Å²) in [5, 5.41) is 13.7. The summed E-state index contributed by atoms with van der Waals surface area (Å²) in [7, 11) is 2.03. The zero-order valence-corrected chi connectivity index (χ0v) is 12.1. The van der Waals surface area contributed by atoms with E-state index in [9.17, 15) is 18.9 Å². The highest BCUT2D eigenvalue weighted by Crippen LogP contribution is 2.28. The number of nitro groups is 1. The van der Waals surface area contributed by atoms with Crippen LogP contribution in [0, 0.1) is 27.7 Å². The minimum Gasteiger partial charge on any atom is -0.380 e. The molecule has 0 aliphatic carbocycles. The van der Waals surface area contributed by atoms with Crippen molar-refractivity contribution >= 4 is 11.4 Å². The Kier molecular flexibility index (Phi) is 4.72. The van der Waals surface area contributed by atoms with E-state index in [0.29, 0.717) is 12.0 Å². The second-order valence-electron chi connectivity index (χ2n) is 5.64. The van der Waals surface area contributed by atoms with Gasteiger partial charge in [0.15, 0.2) is 0 Å². The lowest BCUT2D eigenvalue weighted by molar-refractivity contribution is -0.387. The van der Waals surface area contributed by atoms with E-state index in [1.54, 1.807) is 0 Å². The van der Waals surface area contributed by atoms with Crippen molar-refractivity contribution in [2.45, 2.75) is 25.8 Å². The Bertz CT molecular complexity index is 539. The van der Waals surface area contributed by atoms with Crippen LogP contribution in [0.5, 0.6) is 0 Å². The predicted molar refractivity (Wildman–Crippen MR) is 76.3 cm³/mol. The molecule has 0 radical (unpaired) electrons. The zero-order valence-electron chi connectivity index (χ0n) is 12.1. The minimum atomic E-state index is -1.16. The van der Waals surface area contributed by atoms with Crippen molar-refractivity contribution in [1.29, 1.82) is 0 Å². The molecule has 0 bridgehead atoms. The molecule has 1 fully saturated rings. The average molecular weight is 299 g/mol. The predicted octanol–water partition coefficient (Wildman–Crippen LogP) is 3.02. The molecule has 1 N–H and O–H groups in total. The van der Waals surface area contributed by atoms with Gasteiger partial charge in [0.25, 0.3) is 0 Å². The molecule has 5 nitrogen and oxygen atoms in total. The molecule has 1 saturated heterocycles. The smallest absolute Gasteiger partial charge is 0.307 e. The van der Waals surface area contributed by atoms with E-state index in [4.69, 9.17) is 0 Å². The van der Waals surface area contributed by atoms with Crippen LogP contribution in [0.1, 0.15) is 19.8 Å². The molecule has 1 aromatic rings. The molecular formula is C14H19F2N3O2. The van der Waals surface area contributed by atoms with Crippen LogP contribution in [0.2, 0.25) is 0 Å². The Hall–Kier alpha value is -1.76. The van der Waals surface area contributed by atoms with Crippen molar-refractivity contribution in [1.82, 2.24) is 4.90 Å². The number of anilines is 1. The molecule has 2 unspecified atom stereocenters. The molecular weight excluding hydrogens is 280 g/mol. The van der Waals surface area contributed by atoms with Gasteiger partial charge in [-0.25, -0.2) is 4.39 Å². The summed E-state index contributed by atoms with van der Waals surface area (Å²) in [5.41, 5.74) is -0.740. The second-order valence-corrected chi connectivity index (χ2v) is 5.64. The Labute approximate surface area is 122 Å². The Morgan fingerprint density at radius 3 is 2.76 bits per heavy atom. The molecule has 21 heavy (non-hydrogen) atoms. The van der Waals surface area contributed by atoms with Crippen LogP contribution in [-0.4, -0.2) is 36.0 Å². The fraction of sp³-hybridized carbons (Fsp3) is 0.571. The topological polar surface area (TPSA) is 58.4 Å². The van der Waals surface area contributed by atoms with Gasteiger partial charge in [0.05, 0.1) is 10.6 Å². The number of piperidine rings is 1. The van der Waals surface area contributed by atoms with Crippen LogP contribution in [0.4, 0.5) is 20.2 Å². The van der Waals surface area contributed by atoms with Gasteiger partial charge in [0, 0.05) is 24.7 Å². The van der Waals surface area contributed by atoms with E-state index >= 15 is 0 Å². The molecule has 2 rings (SSSR count). The Morgan fingerprint density at radius 2 is 2.14 bits per heavy atom. The first-order valence-corrected chi connectivity index (χ1v) is 6.97. The lowest BCUT2D eigenvalue weighted by Gasteiger charge is -2.34. The highest BCUT2D eigenvalue weighted by Gasteiger charge is 2.25. The molecule has 0 saturated carbocycles. The van der Waals surface area contributed by atoms with E-state index in [1.807, 2.05) is 14.0 Å². The molecule has 1 aliphatic heterocycles. The van der Waals surface area contributed by atoms with Gasteiger partial charge in [-0.1, -0.05) is 0 Å². The van der Waals surface area contributed by atoms with E-state index in [2.05, 4.69) is 10.2 Å². The van der Waals surface area contributed by atoms with Gasteiger partial charge in [0.1, 0.15) is 5.82 Å². The number of hydrogen-bond acceptors (Lipinski definition) is 4. The quantitative estimate of drug-likeness (QED) is 0.686. The number of halogens is 2.